The number of nitrogens with zero attached hydrogens (tertiary/aromatic N) is 4. The molecule has 0 bridgehead atoms. The van der Waals surface area contributed by atoms with E-state index in [2.05, 4.69) is 16.5 Å². The number of likely N-dealkylation sites (tertiary alicyclic amines) is 1. The summed E-state index contributed by atoms with van der Waals surface area (Å²) in [6, 6.07) is 8.18. The quantitative estimate of drug-likeness (QED) is 0.816. The van der Waals surface area contributed by atoms with Gasteiger partial charge in [0.1, 0.15) is 5.75 Å². The second-order valence-corrected chi connectivity index (χ2v) is 6.70. The van der Waals surface area contributed by atoms with Crippen LogP contribution in [-0.4, -0.2) is 46.0 Å². The van der Waals surface area contributed by atoms with Crippen LogP contribution in [0.2, 0.25) is 0 Å². The molecule has 1 aliphatic heterocycles. The number of ether oxygens (including phenoxy) is 1. The van der Waals surface area contributed by atoms with E-state index in [1.54, 1.807) is 7.11 Å². The van der Waals surface area contributed by atoms with E-state index in [9.17, 15) is 4.79 Å². The highest BCUT2D eigenvalue weighted by atomic mass is 16.5. The maximum absolute atomic E-state index is 12.3. The van der Waals surface area contributed by atoms with Crippen LogP contribution in [0.1, 0.15) is 42.5 Å². The molecule has 1 aromatic carbocycles. The van der Waals surface area contributed by atoms with Crippen LogP contribution < -0.4 is 4.74 Å². The molecule has 1 saturated heterocycles. The molecule has 1 amide bonds. The van der Waals surface area contributed by atoms with Gasteiger partial charge in [0.25, 0.3) is 0 Å². The van der Waals surface area contributed by atoms with Gasteiger partial charge in [0, 0.05) is 31.6 Å². The Morgan fingerprint density at radius 2 is 2.00 bits per heavy atom. The van der Waals surface area contributed by atoms with Crippen LogP contribution in [0.5, 0.6) is 5.75 Å². The first kappa shape index (κ1) is 15.2. The fraction of sp³-hybridized carbons (Fsp3) is 0.500. The van der Waals surface area contributed by atoms with Gasteiger partial charge in [-0.1, -0.05) is 17.3 Å². The molecule has 0 spiro atoms. The molecule has 6 nitrogen and oxygen atoms in total. The van der Waals surface area contributed by atoms with Crippen molar-refractivity contribution in [2.24, 2.45) is 0 Å². The van der Waals surface area contributed by atoms with Crippen LogP contribution in [-0.2, 0) is 11.2 Å². The first-order chi connectivity index (χ1) is 11.7. The van der Waals surface area contributed by atoms with Gasteiger partial charge in [-0.25, -0.2) is 4.68 Å². The minimum absolute atomic E-state index is 0.213. The molecule has 1 saturated carbocycles. The third-order valence-corrected chi connectivity index (χ3v) is 4.90. The van der Waals surface area contributed by atoms with Crippen molar-refractivity contribution in [3.05, 3.63) is 41.7 Å². The monoisotopic (exact) mass is 326 g/mol. The lowest BCUT2D eigenvalue weighted by Crippen LogP contribution is -2.51. The van der Waals surface area contributed by atoms with E-state index in [1.165, 1.54) is 12.8 Å². The van der Waals surface area contributed by atoms with E-state index in [1.807, 2.05) is 33.8 Å². The molecular weight excluding hydrogens is 304 g/mol. The third kappa shape index (κ3) is 3.13. The van der Waals surface area contributed by atoms with Gasteiger partial charge in [-0.15, -0.1) is 5.10 Å². The number of benzene rings is 1. The predicted molar refractivity (Wildman–Crippen MR) is 88.9 cm³/mol. The summed E-state index contributed by atoms with van der Waals surface area (Å²) in [5.74, 6) is 1.68. The fourth-order valence-electron chi connectivity index (χ4n) is 3.06. The van der Waals surface area contributed by atoms with E-state index in [4.69, 9.17) is 4.74 Å². The van der Waals surface area contributed by atoms with Crippen molar-refractivity contribution in [2.75, 3.05) is 20.2 Å². The van der Waals surface area contributed by atoms with Crippen molar-refractivity contribution < 1.29 is 9.53 Å². The van der Waals surface area contributed by atoms with Crippen molar-refractivity contribution in [3.8, 4) is 5.75 Å². The highest BCUT2D eigenvalue weighted by molar-refractivity contribution is 5.77. The molecule has 126 valence electrons. The fourth-order valence-corrected chi connectivity index (χ4v) is 3.06. The minimum atomic E-state index is 0.213. The normalized spacial score (nSPS) is 17.6. The van der Waals surface area contributed by atoms with Crippen molar-refractivity contribution in [2.45, 2.75) is 37.6 Å². The summed E-state index contributed by atoms with van der Waals surface area (Å²) in [5, 5.41) is 8.46. The first-order valence-corrected chi connectivity index (χ1v) is 8.55. The number of carbonyl (C=O) groups is 1. The van der Waals surface area contributed by atoms with Gasteiger partial charge in [0.15, 0.2) is 0 Å². The zero-order valence-electron chi connectivity index (χ0n) is 13.9. The molecule has 2 heterocycles. The summed E-state index contributed by atoms with van der Waals surface area (Å²) in [7, 11) is 1.65. The molecule has 4 rings (SSSR count). The maximum Gasteiger partial charge on any atom is 0.223 e. The average Bonchev–Trinajstić information content (AvgIpc) is 3.31. The van der Waals surface area contributed by atoms with Crippen LogP contribution in [0.4, 0.5) is 0 Å². The summed E-state index contributed by atoms with van der Waals surface area (Å²) in [4.78, 5) is 14.2. The Kier molecular flexibility index (Phi) is 3.96. The van der Waals surface area contributed by atoms with E-state index in [-0.39, 0.29) is 11.9 Å². The predicted octanol–water partition coefficient (Wildman–Crippen LogP) is 2.18. The standard InChI is InChI=1S/C18H22N4O2/c1-24-16-7-2-13(3-8-16)4-9-18(23)21-10-15(11-21)22-12-17(19-20-22)14-5-6-14/h2-3,7-8,12,14-15H,4-6,9-11H2,1H3. The topological polar surface area (TPSA) is 60.2 Å². The Balaban J connectivity index is 1.24. The van der Waals surface area contributed by atoms with Crippen LogP contribution in [0.15, 0.2) is 30.5 Å². The lowest BCUT2D eigenvalue weighted by Gasteiger charge is -2.39. The van der Waals surface area contributed by atoms with Gasteiger partial charge in [-0.2, -0.15) is 0 Å². The van der Waals surface area contributed by atoms with Gasteiger partial charge in [0.05, 0.1) is 18.8 Å². The number of aromatic nitrogens is 3. The number of rotatable bonds is 6. The van der Waals surface area contributed by atoms with E-state index in [0.717, 1.165) is 36.5 Å². The summed E-state index contributed by atoms with van der Waals surface area (Å²) < 4.78 is 7.08. The van der Waals surface area contributed by atoms with Gasteiger partial charge < -0.3 is 9.64 Å². The summed E-state index contributed by atoms with van der Waals surface area (Å²) in [6.07, 6.45) is 5.84. The Bertz CT molecular complexity index is 715. The number of amides is 1. The molecule has 6 heteroatoms. The van der Waals surface area contributed by atoms with Crippen molar-refractivity contribution >= 4 is 5.91 Å². The SMILES string of the molecule is COc1ccc(CCC(=O)N2CC(n3cc(C4CC4)nn3)C2)cc1. The molecule has 24 heavy (non-hydrogen) atoms. The second kappa shape index (κ2) is 6.26. The molecule has 0 N–H and O–H groups in total. The molecule has 1 aromatic heterocycles. The zero-order chi connectivity index (χ0) is 16.5. The summed E-state index contributed by atoms with van der Waals surface area (Å²) in [6.45, 7) is 1.49. The molecule has 2 fully saturated rings. The second-order valence-electron chi connectivity index (χ2n) is 6.70. The highest BCUT2D eigenvalue weighted by Crippen LogP contribution is 2.39. The lowest BCUT2D eigenvalue weighted by atomic mass is 10.1. The number of hydrogen-bond donors (Lipinski definition) is 0. The Morgan fingerprint density at radius 1 is 1.25 bits per heavy atom. The van der Waals surface area contributed by atoms with Crippen molar-refractivity contribution in [1.82, 2.24) is 19.9 Å². The van der Waals surface area contributed by atoms with Gasteiger partial charge in [0.2, 0.25) is 5.91 Å². The molecule has 0 unspecified atom stereocenters. The van der Waals surface area contributed by atoms with Crippen LogP contribution >= 0.6 is 0 Å². The number of aryl methyl sites for hydroxylation is 1. The van der Waals surface area contributed by atoms with E-state index < -0.39 is 0 Å². The molecular formula is C18H22N4O2. The van der Waals surface area contributed by atoms with Gasteiger partial charge >= 0.3 is 0 Å². The molecule has 2 aromatic rings. The van der Waals surface area contributed by atoms with E-state index in [0.29, 0.717) is 12.3 Å². The third-order valence-electron chi connectivity index (χ3n) is 4.90. The average molecular weight is 326 g/mol. The smallest absolute Gasteiger partial charge is 0.223 e. The summed E-state index contributed by atoms with van der Waals surface area (Å²) in [5.41, 5.74) is 2.27. The molecule has 0 radical (unpaired) electrons. The van der Waals surface area contributed by atoms with Crippen LogP contribution in [0, 0.1) is 0 Å². The number of hydrogen-bond acceptors (Lipinski definition) is 4. The maximum atomic E-state index is 12.3. The Hall–Kier alpha value is -2.37. The Morgan fingerprint density at radius 3 is 2.67 bits per heavy atom. The van der Waals surface area contributed by atoms with Crippen molar-refractivity contribution in [1.29, 1.82) is 0 Å². The minimum Gasteiger partial charge on any atom is -0.497 e. The van der Waals surface area contributed by atoms with Gasteiger partial charge in [-0.05, 0) is 37.0 Å². The number of methoxy groups -OCH3 is 1. The largest absolute Gasteiger partial charge is 0.497 e. The lowest BCUT2D eigenvalue weighted by molar-refractivity contribution is -0.137. The van der Waals surface area contributed by atoms with E-state index >= 15 is 0 Å². The summed E-state index contributed by atoms with van der Waals surface area (Å²) >= 11 is 0. The number of carbonyl (C=O) groups excluding carboxylic acids is 1. The molecule has 0 atom stereocenters. The van der Waals surface area contributed by atoms with Gasteiger partial charge in [-0.3, -0.25) is 4.79 Å². The first-order valence-electron chi connectivity index (χ1n) is 8.55. The van der Waals surface area contributed by atoms with Crippen LogP contribution in [0.3, 0.4) is 0 Å². The zero-order valence-corrected chi connectivity index (χ0v) is 13.9. The molecule has 2 aliphatic rings. The molecule has 1 aliphatic carbocycles. The van der Waals surface area contributed by atoms with Crippen molar-refractivity contribution in [3.63, 3.8) is 0 Å². The highest BCUT2D eigenvalue weighted by Gasteiger charge is 2.34. The Labute approximate surface area is 141 Å². The van der Waals surface area contributed by atoms with Crippen LogP contribution in [0.25, 0.3) is 0 Å².